The summed E-state index contributed by atoms with van der Waals surface area (Å²) in [4.78, 5) is 24.5. The fraction of sp³-hybridized carbons (Fsp3) is 0.158. The van der Waals surface area contributed by atoms with Crippen molar-refractivity contribution in [3.05, 3.63) is 60.0 Å². The third kappa shape index (κ3) is 6.18. The van der Waals surface area contributed by atoms with Gasteiger partial charge in [-0.3, -0.25) is 4.79 Å². The molecule has 0 fully saturated rings. The number of ether oxygens (including phenoxy) is 3. The predicted octanol–water partition coefficient (Wildman–Crippen LogP) is 3.49. The summed E-state index contributed by atoms with van der Waals surface area (Å²) in [6, 6.07) is 14.5. The van der Waals surface area contributed by atoms with Gasteiger partial charge in [-0.05, 0) is 29.7 Å². The standard InChI is InChI=1S/C19H19NO5S/c1-23-16-9-8-14(12-17(16)24-2)20-18(21)13-25-19(22)10-11-26-15-6-4-3-5-7-15/h3-12H,13H2,1-2H3,(H,20,21)/b11-10+. The van der Waals surface area contributed by atoms with Crippen molar-refractivity contribution in [2.75, 3.05) is 26.1 Å². The summed E-state index contributed by atoms with van der Waals surface area (Å²) < 4.78 is 15.2. The van der Waals surface area contributed by atoms with E-state index in [1.54, 1.807) is 23.6 Å². The Morgan fingerprint density at radius 1 is 1.04 bits per heavy atom. The van der Waals surface area contributed by atoms with Crippen molar-refractivity contribution in [3.63, 3.8) is 0 Å². The molecule has 1 amide bonds. The van der Waals surface area contributed by atoms with E-state index < -0.39 is 11.9 Å². The van der Waals surface area contributed by atoms with Gasteiger partial charge in [0.2, 0.25) is 0 Å². The van der Waals surface area contributed by atoms with E-state index in [1.165, 1.54) is 32.1 Å². The van der Waals surface area contributed by atoms with Crippen LogP contribution in [0.5, 0.6) is 11.5 Å². The van der Waals surface area contributed by atoms with Crippen LogP contribution in [0.4, 0.5) is 5.69 Å². The molecule has 0 unspecified atom stereocenters. The van der Waals surface area contributed by atoms with Crippen LogP contribution in [0.3, 0.4) is 0 Å². The van der Waals surface area contributed by atoms with Gasteiger partial charge in [-0.2, -0.15) is 0 Å². The van der Waals surface area contributed by atoms with Crippen LogP contribution >= 0.6 is 11.8 Å². The summed E-state index contributed by atoms with van der Waals surface area (Å²) in [6.45, 7) is -0.381. The van der Waals surface area contributed by atoms with Crippen molar-refractivity contribution in [2.45, 2.75) is 4.90 Å². The number of amides is 1. The SMILES string of the molecule is COc1ccc(NC(=O)COC(=O)/C=C/Sc2ccccc2)cc1OC. The largest absolute Gasteiger partial charge is 0.493 e. The van der Waals surface area contributed by atoms with E-state index in [1.807, 2.05) is 30.3 Å². The molecular weight excluding hydrogens is 354 g/mol. The van der Waals surface area contributed by atoms with Crippen LogP contribution in [0.2, 0.25) is 0 Å². The average molecular weight is 373 g/mol. The number of carbonyl (C=O) groups excluding carboxylic acids is 2. The molecule has 0 spiro atoms. The van der Waals surface area contributed by atoms with E-state index in [0.717, 1.165) is 4.90 Å². The van der Waals surface area contributed by atoms with Gasteiger partial charge in [-0.15, -0.1) is 0 Å². The summed E-state index contributed by atoms with van der Waals surface area (Å²) in [7, 11) is 3.03. The third-order valence-electron chi connectivity index (χ3n) is 3.16. The molecule has 0 saturated heterocycles. The highest BCUT2D eigenvalue weighted by molar-refractivity contribution is 8.02. The lowest BCUT2D eigenvalue weighted by Gasteiger charge is -2.10. The van der Waals surface area contributed by atoms with Gasteiger partial charge in [0.25, 0.3) is 5.91 Å². The smallest absolute Gasteiger partial charge is 0.331 e. The summed E-state index contributed by atoms with van der Waals surface area (Å²) >= 11 is 1.39. The molecule has 0 aliphatic heterocycles. The van der Waals surface area contributed by atoms with Gasteiger partial charge in [0.1, 0.15) is 0 Å². The van der Waals surface area contributed by atoms with Crippen LogP contribution in [0.1, 0.15) is 0 Å². The van der Waals surface area contributed by atoms with E-state index in [9.17, 15) is 9.59 Å². The summed E-state index contributed by atoms with van der Waals surface area (Å²) in [5.74, 6) is 0.00622. The number of hydrogen-bond donors (Lipinski definition) is 1. The molecule has 0 aliphatic carbocycles. The van der Waals surface area contributed by atoms with Gasteiger partial charge in [-0.1, -0.05) is 30.0 Å². The zero-order valence-corrected chi connectivity index (χ0v) is 15.2. The molecule has 0 aromatic heterocycles. The minimum atomic E-state index is -0.587. The lowest BCUT2D eigenvalue weighted by molar-refractivity contribution is -0.142. The van der Waals surface area contributed by atoms with Crippen molar-refractivity contribution in [3.8, 4) is 11.5 Å². The first-order valence-corrected chi connectivity index (χ1v) is 8.57. The quantitative estimate of drug-likeness (QED) is 0.434. The first-order chi connectivity index (χ1) is 12.6. The second-order valence-electron chi connectivity index (χ2n) is 4.96. The Bertz CT molecular complexity index is 777. The normalized spacial score (nSPS) is 10.4. The topological polar surface area (TPSA) is 73.9 Å². The molecule has 1 N–H and O–H groups in total. The van der Waals surface area contributed by atoms with Crippen LogP contribution in [0.15, 0.2) is 64.9 Å². The van der Waals surface area contributed by atoms with Gasteiger partial charge in [-0.25, -0.2) is 4.79 Å². The highest BCUT2D eigenvalue weighted by Crippen LogP contribution is 2.29. The average Bonchev–Trinajstić information content (AvgIpc) is 2.67. The Morgan fingerprint density at radius 2 is 1.77 bits per heavy atom. The first kappa shape index (κ1) is 19.4. The number of methoxy groups -OCH3 is 2. The second kappa shape index (κ2) is 10.1. The molecule has 26 heavy (non-hydrogen) atoms. The molecule has 0 bridgehead atoms. The van der Waals surface area contributed by atoms with Crippen LogP contribution in [-0.2, 0) is 14.3 Å². The third-order valence-corrected chi connectivity index (χ3v) is 3.98. The second-order valence-corrected chi connectivity index (χ2v) is 5.94. The molecule has 2 aromatic carbocycles. The van der Waals surface area contributed by atoms with E-state index >= 15 is 0 Å². The Hall–Kier alpha value is -2.93. The Kier molecular flexibility index (Phi) is 7.57. The summed E-state index contributed by atoms with van der Waals surface area (Å²) in [6.07, 6.45) is 1.28. The van der Waals surface area contributed by atoms with Crippen molar-refractivity contribution in [2.24, 2.45) is 0 Å². The van der Waals surface area contributed by atoms with E-state index in [2.05, 4.69) is 5.32 Å². The van der Waals surface area contributed by atoms with Crippen molar-refractivity contribution < 1.29 is 23.8 Å². The van der Waals surface area contributed by atoms with Crippen molar-refractivity contribution >= 4 is 29.3 Å². The predicted molar refractivity (Wildman–Crippen MR) is 101 cm³/mol. The minimum Gasteiger partial charge on any atom is -0.493 e. The van der Waals surface area contributed by atoms with Gasteiger partial charge < -0.3 is 19.5 Å². The zero-order valence-electron chi connectivity index (χ0n) is 14.4. The highest BCUT2D eigenvalue weighted by Gasteiger charge is 2.09. The lowest BCUT2D eigenvalue weighted by Crippen LogP contribution is -2.20. The number of rotatable bonds is 8. The molecule has 2 aromatic rings. The molecule has 0 aliphatic rings. The van der Waals surface area contributed by atoms with Gasteiger partial charge >= 0.3 is 5.97 Å². The van der Waals surface area contributed by atoms with Gasteiger partial charge in [0, 0.05) is 22.7 Å². The van der Waals surface area contributed by atoms with Gasteiger partial charge in [0.05, 0.1) is 14.2 Å². The molecule has 0 atom stereocenters. The fourth-order valence-corrected chi connectivity index (χ4v) is 2.61. The molecule has 2 rings (SSSR count). The first-order valence-electron chi connectivity index (χ1n) is 7.69. The molecule has 0 saturated carbocycles. The fourth-order valence-electron chi connectivity index (χ4n) is 1.96. The number of anilines is 1. The Morgan fingerprint density at radius 3 is 2.46 bits per heavy atom. The van der Waals surface area contributed by atoms with E-state index in [-0.39, 0.29) is 6.61 Å². The van der Waals surface area contributed by atoms with Crippen LogP contribution in [0, 0.1) is 0 Å². The molecule has 0 radical (unpaired) electrons. The monoisotopic (exact) mass is 373 g/mol. The number of benzene rings is 2. The summed E-state index contributed by atoms with van der Waals surface area (Å²) in [5, 5.41) is 4.24. The van der Waals surface area contributed by atoms with Crippen LogP contribution in [0.25, 0.3) is 0 Å². The number of carbonyl (C=O) groups is 2. The van der Waals surface area contributed by atoms with E-state index in [0.29, 0.717) is 17.2 Å². The van der Waals surface area contributed by atoms with Gasteiger partial charge in [0.15, 0.2) is 18.1 Å². The highest BCUT2D eigenvalue weighted by atomic mass is 32.2. The van der Waals surface area contributed by atoms with Crippen LogP contribution < -0.4 is 14.8 Å². The number of esters is 1. The van der Waals surface area contributed by atoms with Crippen molar-refractivity contribution in [1.29, 1.82) is 0 Å². The Labute approximate surface area is 156 Å². The maximum atomic E-state index is 11.9. The molecule has 6 nitrogen and oxygen atoms in total. The molecule has 7 heteroatoms. The zero-order chi connectivity index (χ0) is 18.8. The molecular formula is C19H19NO5S. The molecule has 136 valence electrons. The van der Waals surface area contributed by atoms with Crippen molar-refractivity contribution in [1.82, 2.24) is 0 Å². The maximum Gasteiger partial charge on any atom is 0.331 e. The number of thioether (sulfide) groups is 1. The Balaban J connectivity index is 1.78. The maximum absolute atomic E-state index is 11.9. The molecule has 0 heterocycles. The number of hydrogen-bond acceptors (Lipinski definition) is 6. The minimum absolute atomic E-state index is 0.381. The van der Waals surface area contributed by atoms with Crippen LogP contribution in [-0.4, -0.2) is 32.7 Å². The number of nitrogens with one attached hydrogen (secondary N) is 1. The van der Waals surface area contributed by atoms with E-state index in [4.69, 9.17) is 14.2 Å². The lowest BCUT2D eigenvalue weighted by atomic mass is 10.2. The summed E-state index contributed by atoms with van der Waals surface area (Å²) in [5.41, 5.74) is 0.513.